The number of rotatable bonds is 7. The molecule has 1 saturated heterocycles. The van der Waals surface area contributed by atoms with E-state index >= 15 is 0 Å². The Morgan fingerprint density at radius 3 is 2.43 bits per heavy atom. The largest absolute Gasteiger partial charge is 0.492 e. The maximum absolute atomic E-state index is 11.8. The summed E-state index contributed by atoms with van der Waals surface area (Å²) in [4.78, 5) is 34.6. The van der Waals surface area contributed by atoms with Gasteiger partial charge in [-0.25, -0.2) is 4.79 Å². The minimum atomic E-state index is -0.822. The van der Waals surface area contributed by atoms with Gasteiger partial charge in [0.05, 0.1) is 11.6 Å². The number of carbonyl (C=O) groups is 3. The number of barbiturate groups is 1. The van der Waals surface area contributed by atoms with Gasteiger partial charge in [-0.15, -0.1) is 0 Å². The van der Waals surface area contributed by atoms with Crippen LogP contribution in [0.5, 0.6) is 5.75 Å². The monoisotopic (exact) mass is 404 g/mol. The average molecular weight is 405 g/mol. The minimum Gasteiger partial charge on any atom is -0.492 e. The zero-order chi connectivity index (χ0) is 19.9. The summed E-state index contributed by atoms with van der Waals surface area (Å²) >= 11 is 6.27. The van der Waals surface area contributed by atoms with Crippen LogP contribution in [0.4, 0.5) is 4.79 Å². The summed E-state index contributed by atoms with van der Waals surface area (Å²) in [5, 5.41) is 4.48. The summed E-state index contributed by atoms with van der Waals surface area (Å²) in [6, 6.07) is 4.24. The van der Waals surface area contributed by atoms with Gasteiger partial charge in [-0.05, 0) is 42.5 Å². The van der Waals surface area contributed by atoms with Crippen LogP contribution in [-0.4, -0.2) is 24.5 Å². The molecule has 0 aromatic heterocycles. The third-order valence-corrected chi connectivity index (χ3v) is 5.49. The molecule has 1 saturated carbocycles. The second-order valence-electron chi connectivity index (χ2n) is 7.33. The number of benzene rings is 1. The highest BCUT2D eigenvalue weighted by Gasteiger charge is 2.27. The highest BCUT2D eigenvalue weighted by atomic mass is 35.5. The maximum atomic E-state index is 11.8. The van der Waals surface area contributed by atoms with E-state index in [1.54, 1.807) is 18.2 Å². The van der Waals surface area contributed by atoms with Gasteiger partial charge in [-0.3, -0.25) is 20.2 Å². The predicted octanol–water partition coefficient (Wildman–Crippen LogP) is 4.22. The van der Waals surface area contributed by atoms with Crippen LogP contribution >= 0.6 is 11.6 Å². The van der Waals surface area contributed by atoms with Gasteiger partial charge in [0, 0.05) is 0 Å². The van der Waals surface area contributed by atoms with Crippen LogP contribution in [0.3, 0.4) is 0 Å². The number of hydrogen-bond acceptors (Lipinski definition) is 4. The molecule has 3 rings (SSSR count). The topological polar surface area (TPSA) is 84.5 Å². The first-order chi connectivity index (χ1) is 13.5. The molecule has 2 N–H and O–H groups in total. The lowest BCUT2D eigenvalue weighted by Crippen LogP contribution is -2.51. The van der Waals surface area contributed by atoms with Gasteiger partial charge in [0.2, 0.25) is 0 Å². The molecule has 1 aromatic rings. The van der Waals surface area contributed by atoms with E-state index in [0.717, 1.165) is 18.8 Å². The van der Waals surface area contributed by atoms with Crippen molar-refractivity contribution in [2.45, 2.75) is 51.4 Å². The fraction of sp³-hybridized carbons (Fsp3) is 0.476. The lowest BCUT2D eigenvalue weighted by Gasteiger charge is -2.21. The van der Waals surface area contributed by atoms with E-state index in [-0.39, 0.29) is 5.57 Å². The molecule has 4 amide bonds. The quantitative estimate of drug-likeness (QED) is 0.405. The summed E-state index contributed by atoms with van der Waals surface area (Å²) in [5.41, 5.74) is 0.427. The van der Waals surface area contributed by atoms with Crippen LogP contribution < -0.4 is 15.4 Å². The summed E-state index contributed by atoms with van der Waals surface area (Å²) < 4.78 is 5.77. The molecule has 2 fully saturated rings. The summed E-state index contributed by atoms with van der Waals surface area (Å²) in [7, 11) is 0. The second-order valence-corrected chi connectivity index (χ2v) is 7.74. The van der Waals surface area contributed by atoms with Gasteiger partial charge < -0.3 is 4.74 Å². The molecule has 6 nitrogen and oxygen atoms in total. The van der Waals surface area contributed by atoms with Crippen LogP contribution in [0.1, 0.15) is 56.9 Å². The van der Waals surface area contributed by atoms with Crippen molar-refractivity contribution in [2.24, 2.45) is 5.92 Å². The lowest BCUT2D eigenvalue weighted by atomic mass is 9.86. The molecular weight excluding hydrogens is 380 g/mol. The van der Waals surface area contributed by atoms with Crippen molar-refractivity contribution in [3.8, 4) is 5.75 Å². The Labute approximate surface area is 169 Å². The normalized spacial score (nSPS) is 17.9. The third kappa shape index (κ3) is 5.58. The van der Waals surface area contributed by atoms with Crippen molar-refractivity contribution in [3.63, 3.8) is 0 Å². The molecule has 0 unspecified atom stereocenters. The molecule has 7 heteroatoms. The molecule has 1 heterocycles. The van der Waals surface area contributed by atoms with Crippen molar-refractivity contribution in [3.05, 3.63) is 34.4 Å². The van der Waals surface area contributed by atoms with Crippen LogP contribution in [0, 0.1) is 5.92 Å². The fourth-order valence-corrected chi connectivity index (χ4v) is 3.93. The van der Waals surface area contributed by atoms with E-state index in [4.69, 9.17) is 16.3 Å². The number of unbranched alkanes of at least 4 members (excludes halogenated alkanes) is 1. The molecule has 1 aliphatic heterocycles. The second kappa shape index (κ2) is 9.73. The minimum absolute atomic E-state index is 0.146. The van der Waals surface area contributed by atoms with E-state index in [9.17, 15) is 14.4 Å². The first kappa shape index (κ1) is 20.4. The molecule has 0 bridgehead atoms. The zero-order valence-electron chi connectivity index (χ0n) is 15.8. The van der Waals surface area contributed by atoms with Gasteiger partial charge in [0.1, 0.15) is 11.3 Å². The molecule has 0 radical (unpaired) electrons. The van der Waals surface area contributed by atoms with E-state index in [1.165, 1.54) is 44.6 Å². The molecule has 28 heavy (non-hydrogen) atoms. The Kier molecular flexibility index (Phi) is 7.09. The van der Waals surface area contributed by atoms with Gasteiger partial charge in [-0.2, -0.15) is 0 Å². The first-order valence-electron chi connectivity index (χ1n) is 9.83. The van der Waals surface area contributed by atoms with E-state index in [0.29, 0.717) is 22.9 Å². The molecule has 2 aliphatic rings. The highest BCUT2D eigenvalue weighted by molar-refractivity contribution is 6.33. The molecule has 1 aliphatic carbocycles. The number of halogens is 1. The zero-order valence-corrected chi connectivity index (χ0v) is 16.5. The summed E-state index contributed by atoms with van der Waals surface area (Å²) in [5.74, 6) is -0.00493. The average Bonchev–Trinajstić information content (AvgIpc) is 2.66. The number of amides is 4. The standard InChI is InChI=1S/C21H25ClN2O4/c22-17-13-15(12-16-19(25)23-21(27)24-20(16)26)9-10-18(17)28-11-5-4-8-14-6-2-1-3-7-14/h9-10,12-14H,1-8,11H2,(H2,23,24,25,26,27). The van der Waals surface area contributed by atoms with Gasteiger partial charge in [0.15, 0.2) is 0 Å². The first-order valence-corrected chi connectivity index (χ1v) is 10.2. The molecular formula is C21H25ClN2O4. The Morgan fingerprint density at radius 1 is 1.04 bits per heavy atom. The molecule has 1 aromatic carbocycles. The van der Waals surface area contributed by atoms with Crippen molar-refractivity contribution >= 4 is 35.5 Å². The van der Waals surface area contributed by atoms with Gasteiger partial charge >= 0.3 is 6.03 Å². The lowest BCUT2D eigenvalue weighted by molar-refractivity contribution is -0.123. The number of ether oxygens (including phenoxy) is 1. The Morgan fingerprint density at radius 2 is 1.75 bits per heavy atom. The SMILES string of the molecule is O=C1NC(=O)C(=Cc2ccc(OCCCCC3CCCCC3)c(Cl)c2)C(=O)N1. The van der Waals surface area contributed by atoms with Crippen molar-refractivity contribution in [1.82, 2.24) is 10.6 Å². The number of imide groups is 2. The maximum Gasteiger partial charge on any atom is 0.328 e. The number of nitrogens with one attached hydrogen (secondary N) is 2. The number of hydrogen-bond donors (Lipinski definition) is 2. The fourth-order valence-electron chi connectivity index (χ4n) is 3.69. The van der Waals surface area contributed by atoms with Crippen molar-refractivity contribution in [1.29, 1.82) is 0 Å². The molecule has 0 spiro atoms. The molecule has 150 valence electrons. The smallest absolute Gasteiger partial charge is 0.328 e. The van der Waals surface area contributed by atoms with Crippen LogP contribution in [0.15, 0.2) is 23.8 Å². The Bertz CT molecular complexity index is 763. The van der Waals surface area contributed by atoms with E-state index in [2.05, 4.69) is 0 Å². The summed E-state index contributed by atoms with van der Waals surface area (Å²) in [6.07, 6.45) is 11.7. The Hall–Kier alpha value is -2.34. The van der Waals surface area contributed by atoms with Gasteiger partial charge in [-0.1, -0.05) is 56.2 Å². The molecule has 0 atom stereocenters. The Balaban J connectivity index is 1.49. The van der Waals surface area contributed by atoms with Crippen LogP contribution in [0.2, 0.25) is 5.02 Å². The number of urea groups is 1. The van der Waals surface area contributed by atoms with Crippen LogP contribution in [0.25, 0.3) is 6.08 Å². The van der Waals surface area contributed by atoms with Crippen molar-refractivity contribution in [2.75, 3.05) is 6.61 Å². The third-order valence-electron chi connectivity index (χ3n) is 5.20. The van der Waals surface area contributed by atoms with Crippen molar-refractivity contribution < 1.29 is 19.1 Å². The van der Waals surface area contributed by atoms with E-state index < -0.39 is 17.8 Å². The van der Waals surface area contributed by atoms with E-state index in [1.807, 2.05) is 10.6 Å². The predicted molar refractivity (Wildman–Crippen MR) is 107 cm³/mol. The number of carbonyl (C=O) groups excluding carboxylic acids is 3. The summed E-state index contributed by atoms with van der Waals surface area (Å²) in [6.45, 7) is 0.611. The van der Waals surface area contributed by atoms with Gasteiger partial charge in [0.25, 0.3) is 11.8 Å². The highest BCUT2D eigenvalue weighted by Crippen LogP contribution is 2.29. The van der Waals surface area contributed by atoms with Crippen LogP contribution in [-0.2, 0) is 9.59 Å².